The molecule has 110 valence electrons. The minimum Gasteiger partial charge on any atom is -0.355 e. The number of carbonyl (C=O) groups is 1. The summed E-state index contributed by atoms with van der Waals surface area (Å²) in [6.07, 6.45) is 8.36. The lowest BCUT2D eigenvalue weighted by molar-refractivity contribution is -0.123. The molecule has 2 nitrogen and oxygen atoms in total. The summed E-state index contributed by atoms with van der Waals surface area (Å²) < 4.78 is 0. The Morgan fingerprint density at radius 3 is 3.10 bits per heavy atom. The molecular weight excluding hydrogens is 334 g/mol. The molecule has 1 aromatic rings. The van der Waals surface area contributed by atoms with Gasteiger partial charge in [-0.05, 0) is 61.5 Å². The molecule has 3 rings (SSSR count). The fraction of sp³-hybridized carbons (Fsp3) is 0.688. The lowest BCUT2D eigenvalue weighted by Crippen LogP contribution is -2.36. The predicted octanol–water partition coefficient (Wildman–Crippen LogP) is 4.24. The third kappa shape index (κ3) is 3.28. The fourth-order valence-corrected chi connectivity index (χ4v) is 5.38. The van der Waals surface area contributed by atoms with Crippen LogP contribution >= 0.6 is 27.3 Å². The lowest BCUT2D eigenvalue weighted by Gasteiger charge is -2.27. The van der Waals surface area contributed by atoms with Crippen LogP contribution in [0.1, 0.15) is 54.9 Å². The summed E-state index contributed by atoms with van der Waals surface area (Å²) in [5, 5.41) is 5.35. The third-order valence-electron chi connectivity index (χ3n) is 4.65. The molecule has 3 atom stereocenters. The zero-order valence-electron chi connectivity index (χ0n) is 11.7. The van der Waals surface area contributed by atoms with E-state index in [1.807, 2.05) is 0 Å². The van der Waals surface area contributed by atoms with Crippen molar-refractivity contribution in [2.45, 2.75) is 55.7 Å². The molecule has 1 heterocycles. The van der Waals surface area contributed by atoms with Crippen LogP contribution in [0.3, 0.4) is 0 Å². The molecule has 0 aromatic carbocycles. The van der Waals surface area contributed by atoms with Gasteiger partial charge in [0, 0.05) is 16.2 Å². The first-order valence-electron chi connectivity index (χ1n) is 7.72. The number of alkyl halides is 1. The van der Waals surface area contributed by atoms with Gasteiger partial charge in [-0.1, -0.05) is 22.4 Å². The number of hydrogen-bond acceptors (Lipinski definition) is 2. The summed E-state index contributed by atoms with van der Waals surface area (Å²) in [6.45, 7) is 0.858. The summed E-state index contributed by atoms with van der Waals surface area (Å²) in [5.74, 6) is 1.01. The number of hydrogen-bond donors (Lipinski definition) is 1. The molecule has 1 saturated carbocycles. The van der Waals surface area contributed by atoms with Crippen molar-refractivity contribution in [1.29, 1.82) is 0 Å². The molecule has 3 unspecified atom stereocenters. The Bertz CT molecular complexity index is 473. The standard InChI is InChI=1S/C16H22BrNOS/c17-12-4-1-3-11(9-12)10-18-16(19)14-5-2-6-15-13(14)7-8-20-15/h7-8,11-12,14H,1-6,9-10H2,(H,18,19). The molecule has 20 heavy (non-hydrogen) atoms. The molecule has 1 fully saturated rings. The van der Waals surface area contributed by atoms with Crippen molar-refractivity contribution < 1.29 is 4.79 Å². The highest BCUT2D eigenvalue weighted by Gasteiger charge is 2.28. The van der Waals surface area contributed by atoms with Crippen molar-refractivity contribution in [3.63, 3.8) is 0 Å². The van der Waals surface area contributed by atoms with E-state index in [0.29, 0.717) is 10.7 Å². The Morgan fingerprint density at radius 1 is 1.35 bits per heavy atom. The van der Waals surface area contributed by atoms with Gasteiger partial charge in [-0.3, -0.25) is 4.79 Å². The average Bonchev–Trinajstić information content (AvgIpc) is 2.93. The highest BCUT2D eigenvalue weighted by molar-refractivity contribution is 9.09. The smallest absolute Gasteiger partial charge is 0.227 e. The minimum atomic E-state index is 0.105. The maximum atomic E-state index is 12.5. The van der Waals surface area contributed by atoms with Gasteiger partial charge in [0.15, 0.2) is 0 Å². The molecule has 0 saturated heterocycles. The van der Waals surface area contributed by atoms with Crippen LogP contribution in [0, 0.1) is 5.92 Å². The largest absolute Gasteiger partial charge is 0.355 e. The van der Waals surface area contributed by atoms with Crippen molar-refractivity contribution in [2.24, 2.45) is 5.92 Å². The number of rotatable bonds is 3. The second kappa shape index (κ2) is 6.61. The van der Waals surface area contributed by atoms with Crippen molar-refractivity contribution in [3.8, 4) is 0 Å². The van der Waals surface area contributed by atoms with Crippen LogP contribution < -0.4 is 5.32 Å². The zero-order valence-corrected chi connectivity index (χ0v) is 14.1. The topological polar surface area (TPSA) is 29.1 Å². The number of fused-ring (bicyclic) bond motifs is 1. The molecule has 1 N–H and O–H groups in total. The van der Waals surface area contributed by atoms with Gasteiger partial charge in [-0.25, -0.2) is 0 Å². The SMILES string of the molecule is O=C(NCC1CCCC(Br)C1)C1CCCc2sccc21. The maximum Gasteiger partial charge on any atom is 0.227 e. The molecule has 0 spiro atoms. The summed E-state index contributed by atoms with van der Waals surface area (Å²) in [6, 6.07) is 2.15. The van der Waals surface area contributed by atoms with Crippen LogP contribution in [0.15, 0.2) is 11.4 Å². The van der Waals surface area contributed by atoms with Gasteiger partial charge in [0.2, 0.25) is 5.91 Å². The van der Waals surface area contributed by atoms with Gasteiger partial charge in [0.1, 0.15) is 0 Å². The molecule has 0 aliphatic heterocycles. The lowest BCUT2D eigenvalue weighted by atomic mass is 9.86. The van der Waals surface area contributed by atoms with Crippen molar-refractivity contribution in [1.82, 2.24) is 5.32 Å². The molecule has 2 aliphatic rings. The fourth-order valence-electron chi connectivity index (χ4n) is 3.54. The molecule has 1 amide bonds. The number of nitrogens with one attached hydrogen (secondary N) is 1. The van der Waals surface area contributed by atoms with E-state index in [0.717, 1.165) is 25.8 Å². The monoisotopic (exact) mass is 355 g/mol. The number of aryl methyl sites for hydroxylation is 1. The first-order valence-corrected chi connectivity index (χ1v) is 9.51. The van der Waals surface area contributed by atoms with Crippen LogP contribution in [-0.4, -0.2) is 17.3 Å². The Morgan fingerprint density at radius 2 is 2.25 bits per heavy atom. The zero-order chi connectivity index (χ0) is 13.9. The Hall–Kier alpha value is -0.350. The molecule has 1 aromatic heterocycles. The molecule has 0 bridgehead atoms. The molecule has 0 radical (unpaired) electrons. The Labute approximate surface area is 133 Å². The number of amides is 1. The van der Waals surface area contributed by atoms with Gasteiger partial charge in [-0.15, -0.1) is 11.3 Å². The Kier molecular flexibility index (Phi) is 4.82. The minimum absolute atomic E-state index is 0.105. The van der Waals surface area contributed by atoms with Crippen LogP contribution in [0.2, 0.25) is 0 Å². The summed E-state index contributed by atoms with van der Waals surface area (Å²) in [4.78, 5) is 14.5. The predicted molar refractivity (Wildman–Crippen MR) is 87.7 cm³/mol. The summed E-state index contributed by atoms with van der Waals surface area (Å²) in [5.41, 5.74) is 1.29. The molecule has 4 heteroatoms. The second-order valence-corrected chi connectivity index (χ2v) is 8.41. The van der Waals surface area contributed by atoms with E-state index in [-0.39, 0.29) is 11.8 Å². The quantitative estimate of drug-likeness (QED) is 0.807. The summed E-state index contributed by atoms with van der Waals surface area (Å²) in [7, 11) is 0. The first-order chi connectivity index (χ1) is 9.74. The van der Waals surface area contributed by atoms with E-state index in [1.165, 1.54) is 36.1 Å². The van der Waals surface area contributed by atoms with E-state index < -0.39 is 0 Å². The summed E-state index contributed by atoms with van der Waals surface area (Å²) >= 11 is 5.52. The van der Waals surface area contributed by atoms with Crippen molar-refractivity contribution >= 4 is 33.2 Å². The van der Waals surface area contributed by atoms with Gasteiger partial charge < -0.3 is 5.32 Å². The highest BCUT2D eigenvalue weighted by atomic mass is 79.9. The van der Waals surface area contributed by atoms with E-state index >= 15 is 0 Å². The highest BCUT2D eigenvalue weighted by Crippen LogP contribution is 2.35. The van der Waals surface area contributed by atoms with Gasteiger partial charge >= 0.3 is 0 Å². The van der Waals surface area contributed by atoms with Crippen LogP contribution in [-0.2, 0) is 11.2 Å². The number of carbonyl (C=O) groups excluding carboxylic acids is 1. The van der Waals surface area contributed by atoms with E-state index in [1.54, 1.807) is 11.3 Å². The van der Waals surface area contributed by atoms with E-state index in [4.69, 9.17) is 0 Å². The van der Waals surface area contributed by atoms with Gasteiger partial charge in [0.25, 0.3) is 0 Å². The Balaban J connectivity index is 1.55. The number of halogens is 1. The van der Waals surface area contributed by atoms with Gasteiger partial charge in [0.05, 0.1) is 5.92 Å². The van der Waals surface area contributed by atoms with Crippen molar-refractivity contribution in [3.05, 3.63) is 21.9 Å². The normalized spacial score (nSPS) is 29.8. The number of thiophene rings is 1. The van der Waals surface area contributed by atoms with E-state index in [9.17, 15) is 4.79 Å². The van der Waals surface area contributed by atoms with Crippen molar-refractivity contribution in [2.75, 3.05) is 6.54 Å². The molecule has 2 aliphatic carbocycles. The maximum absolute atomic E-state index is 12.5. The van der Waals surface area contributed by atoms with Crippen LogP contribution in [0.25, 0.3) is 0 Å². The first kappa shape index (κ1) is 14.6. The van der Waals surface area contributed by atoms with Gasteiger partial charge in [-0.2, -0.15) is 0 Å². The van der Waals surface area contributed by atoms with E-state index in [2.05, 4.69) is 32.7 Å². The van der Waals surface area contributed by atoms with Crippen LogP contribution in [0.4, 0.5) is 0 Å². The van der Waals surface area contributed by atoms with Crippen LogP contribution in [0.5, 0.6) is 0 Å². The molecular formula is C16H22BrNOS. The third-order valence-corrected chi connectivity index (χ3v) is 6.48. The second-order valence-electron chi connectivity index (χ2n) is 6.12. The average molecular weight is 356 g/mol.